The summed E-state index contributed by atoms with van der Waals surface area (Å²) in [7, 11) is 1.77. The third-order valence-electron chi connectivity index (χ3n) is 4.07. The smallest absolute Gasteiger partial charge is 0.303 e. The van der Waals surface area contributed by atoms with Crippen molar-refractivity contribution in [2.24, 2.45) is 12.5 Å². The maximum Gasteiger partial charge on any atom is 0.303 e. The SMILES string of the molecule is Cn1cnc(CNC(=O)CC2(CC(=O)O)CCCCC2)n1. The predicted octanol–water partition coefficient (Wildman–Crippen LogP) is 1.25. The number of carbonyl (C=O) groups is 2. The molecule has 1 amide bonds. The van der Waals surface area contributed by atoms with Gasteiger partial charge in [0.05, 0.1) is 13.0 Å². The van der Waals surface area contributed by atoms with Gasteiger partial charge in [0.15, 0.2) is 5.82 Å². The van der Waals surface area contributed by atoms with Gasteiger partial charge in [-0.2, -0.15) is 5.10 Å². The highest BCUT2D eigenvalue weighted by Gasteiger charge is 2.36. The minimum Gasteiger partial charge on any atom is -0.481 e. The number of carboxylic acid groups (broad SMARTS) is 1. The van der Waals surface area contributed by atoms with E-state index in [2.05, 4.69) is 15.4 Å². The van der Waals surface area contributed by atoms with E-state index in [0.717, 1.165) is 32.1 Å². The van der Waals surface area contributed by atoms with Crippen LogP contribution in [0.4, 0.5) is 0 Å². The molecule has 7 heteroatoms. The van der Waals surface area contributed by atoms with Crippen LogP contribution in [0.3, 0.4) is 0 Å². The van der Waals surface area contributed by atoms with E-state index >= 15 is 0 Å². The van der Waals surface area contributed by atoms with Crippen LogP contribution in [-0.4, -0.2) is 31.7 Å². The Morgan fingerprint density at radius 3 is 2.62 bits per heavy atom. The number of nitrogens with one attached hydrogen (secondary N) is 1. The maximum absolute atomic E-state index is 12.1. The third kappa shape index (κ3) is 4.54. The molecule has 2 N–H and O–H groups in total. The number of aromatic nitrogens is 3. The van der Waals surface area contributed by atoms with E-state index in [-0.39, 0.29) is 30.7 Å². The standard InChI is InChI=1S/C14H22N4O3/c1-18-10-16-11(17-18)9-15-12(19)7-14(8-13(20)21)5-3-2-4-6-14/h10H,2-9H2,1H3,(H,15,19)(H,20,21). The molecule has 2 rings (SSSR count). The maximum atomic E-state index is 12.1. The molecule has 1 aromatic heterocycles. The molecule has 1 fully saturated rings. The Morgan fingerprint density at radius 1 is 1.33 bits per heavy atom. The fraction of sp³-hybridized carbons (Fsp3) is 0.714. The average molecular weight is 294 g/mol. The molecule has 0 unspecified atom stereocenters. The van der Waals surface area contributed by atoms with Crippen molar-refractivity contribution in [1.29, 1.82) is 0 Å². The van der Waals surface area contributed by atoms with E-state index in [4.69, 9.17) is 5.11 Å². The van der Waals surface area contributed by atoms with Crippen LogP contribution < -0.4 is 5.32 Å². The average Bonchev–Trinajstić information content (AvgIpc) is 2.82. The summed E-state index contributed by atoms with van der Waals surface area (Å²) in [5.41, 5.74) is -0.383. The zero-order chi connectivity index (χ0) is 15.3. The number of hydrogen-bond acceptors (Lipinski definition) is 4. The number of rotatable bonds is 6. The Bertz CT molecular complexity index is 506. The van der Waals surface area contributed by atoms with Crippen molar-refractivity contribution in [1.82, 2.24) is 20.1 Å². The van der Waals surface area contributed by atoms with Gasteiger partial charge in [0, 0.05) is 13.5 Å². The van der Waals surface area contributed by atoms with Gasteiger partial charge >= 0.3 is 5.97 Å². The van der Waals surface area contributed by atoms with Crippen molar-refractivity contribution in [3.63, 3.8) is 0 Å². The summed E-state index contributed by atoms with van der Waals surface area (Å²) < 4.78 is 1.58. The minimum absolute atomic E-state index is 0.0717. The lowest BCUT2D eigenvalue weighted by Crippen LogP contribution is -2.35. The molecule has 0 atom stereocenters. The van der Waals surface area contributed by atoms with Crippen LogP contribution in [0.2, 0.25) is 0 Å². The first kappa shape index (κ1) is 15.5. The van der Waals surface area contributed by atoms with E-state index in [0.29, 0.717) is 5.82 Å². The van der Waals surface area contributed by atoms with Crippen molar-refractivity contribution in [3.8, 4) is 0 Å². The van der Waals surface area contributed by atoms with Crippen LogP contribution >= 0.6 is 0 Å². The number of nitrogens with zero attached hydrogens (tertiary/aromatic N) is 3. The molecular weight excluding hydrogens is 272 g/mol. The molecule has 1 aliphatic carbocycles. The lowest BCUT2D eigenvalue weighted by atomic mass is 9.69. The highest BCUT2D eigenvalue weighted by Crippen LogP contribution is 2.42. The molecular formula is C14H22N4O3. The van der Waals surface area contributed by atoms with E-state index in [1.54, 1.807) is 18.1 Å². The second kappa shape index (κ2) is 6.69. The highest BCUT2D eigenvalue weighted by atomic mass is 16.4. The normalized spacial score (nSPS) is 17.4. The summed E-state index contributed by atoms with van der Waals surface area (Å²) in [5.74, 6) is -0.386. The van der Waals surface area contributed by atoms with Crippen LogP contribution in [0.5, 0.6) is 0 Å². The lowest BCUT2D eigenvalue weighted by Gasteiger charge is -2.35. The molecule has 1 aliphatic rings. The van der Waals surface area contributed by atoms with Gasteiger partial charge in [-0.3, -0.25) is 14.3 Å². The Morgan fingerprint density at radius 2 is 2.05 bits per heavy atom. The molecule has 0 aliphatic heterocycles. The molecule has 21 heavy (non-hydrogen) atoms. The summed E-state index contributed by atoms with van der Waals surface area (Å²) >= 11 is 0. The number of aliphatic carboxylic acids is 1. The zero-order valence-corrected chi connectivity index (χ0v) is 12.3. The molecule has 1 aromatic rings. The van der Waals surface area contributed by atoms with Gasteiger partial charge in [-0.15, -0.1) is 0 Å². The summed E-state index contributed by atoms with van der Waals surface area (Å²) in [4.78, 5) is 27.2. The fourth-order valence-electron chi connectivity index (χ4n) is 3.08. The Balaban J connectivity index is 1.89. The molecule has 0 radical (unpaired) electrons. The summed E-state index contributed by atoms with van der Waals surface area (Å²) in [6, 6.07) is 0. The Labute approximate surface area is 123 Å². The number of aryl methyl sites for hydroxylation is 1. The Kier molecular flexibility index (Phi) is 4.93. The van der Waals surface area contributed by atoms with Crippen molar-refractivity contribution < 1.29 is 14.7 Å². The van der Waals surface area contributed by atoms with E-state index in [9.17, 15) is 9.59 Å². The minimum atomic E-state index is -0.823. The molecule has 7 nitrogen and oxygen atoms in total. The largest absolute Gasteiger partial charge is 0.481 e. The lowest BCUT2D eigenvalue weighted by molar-refractivity contribution is -0.141. The van der Waals surface area contributed by atoms with Crippen LogP contribution in [-0.2, 0) is 23.2 Å². The number of carboxylic acids is 1. The zero-order valence-electron chi connectivity index (χ0n) is 12.3. The van der Waals surface area contributed by atoms with E-state index < -0.39 is 5.97 Å². The van der Waals surface area contributed by atoms with Gasteiger partial charge in [-0.1, -0.05) is 19.3 Å². The summed E-state index contributed by atoms with van der Waals surface area (Å²) in [6.07, 6.45) is 6.68. The fourth-order valence-corrected chi connectivity index (χ4v) is 3.08. The molecule has 0 saturated heterocycles. The van der Waals surface area contributed by atoms with E-state index in [1.807, 2.05) is 0 Å². The van der Waals surface area contributed by atoms with Crippen molar-refractivity contribution >= 4 is 11.9 Å². The molecule has 1 heterocycles. The number of carbonyl (C=O) groups excluding carboxylic acids is 1. The van der Waals surface area contributed by atoms with Gasteiger partial charge in [-0.25, -0.2) is 4.98 Å². The first-order chi connectivity index (χ1) is 9.99. The second-order valence-electron chi connectivity index (χ2n) is 5.92. The molecule has 0 spiro atoms. The van der Waals surface area contributed by atoms with Crippen molar-refractivity contribution in [2.45, 2.75) is 51.5 Å². The number of hydrogen-bond donors (Lipinski definition) is 2. The monoisotopic (exact) mass is 294 g/mol. The summed E-state index contributed by atoms with van der Waals surface area (Å²) in [5, 5.41) is 16.0. The van der Waals surface area contributed by atoms with Gasteiger partial charge in [0.2, 0.25) is 5.91 Å². The van der Waals surface area contributed by atoms with Crippen LogP contribution in [0.1, 0.15) is 50.8 Å². The summed E-state index contributed by atoms with van der Waals surface area (Å²) in [6.45, 7) is 0.281. The quantitative estimate of drug-likeness (QED) is 0.823. The van der Waals surface area contributed by atoms with Crippen LogP contribution in [0.15, 0.2) is 6.33 Å². The second-order valence-corrected chi connectivity index (χ2v) is 5.92. The molecule has 0 aromatic carbocycles. The first-order valence-electron chi connectivity index (χ1n) is 7.32. The van der Waals surface area contributed by atoms with Crippen LogP contribution in [0.25, 0.3) is 0 Å². The molecule has 116 valence electrons. The van der Waals surface area contributed by atoms with Crippen molar-refractivity contribution in [3.05, 3.63) is 12.2 Å². The molecule has 1 saturated carbocycles. The van der Waals surface area contributed by atoms with E-state index in [1.165, 1.54) is 0 Å². The van der Waals surface area contributed by atoms with Crippen LogP contribution in [0, 0.1) is 5.41 Å². The van der Waals surface area contributed by atoms with Gasteiger partial charge in [0.25, 0.3) is 0 Å². The van der Waals surface area contributed by atoms with Crippen molar-refractivity contribution in [2.75, 3.05) is 0 Å². The van der Waals surface area contributed by atoms with Gasteiger partial charge in [-0.05, 0) is 18.3 Å². The highest BCUT2D eigenvalue weighted by molar-refractivity contribution is 5.78. The predicted molar refractivity (Wildman–Crippen MR) is 75.2 cm³/mol. The molecule has 0 bridgehead atoms. The van der Waals surface area contributed by atoms with Gasteiger partial charge in [0.1, 0.15) is 6.33 Å². The topological polar surface area (TPSA) is 97.1 Å². The van der Waals surface area contributed by atoms with Gasteiger partial charge < -0.3 is 10.4 Å². The number of amides is 1. The first-order valence-corrected chi connectivity index (χ1v) is 7.32. The third-order valence-corrected chi connectivity index (χ3v) is 4.07. The Hall–Kier alpha value is -1.92.